The monoisotopic (exact) mass is 527 g/mol. The maximum Gasteiger partial charge on any atom is 0.140 e. The molecule has 0 aliphatic rings. The number of benzene rings is 4. The Bertz CT molecular complexity index is 2210. The molecule has 0 fully saturated rings. The molecule has 0 unspecified atom stereocenters. The molecule has 4 aromatic heterocycles. The second-order valence-electron chi connectivity index (χ2n) is 10.3. The summed E-state index contributed by atoms with van der Waals surface area (Å²) in [5.74, 6) is 0.946. The lowest BCUT2D eigenvalue weighted by atomic mass is 10.1. The Hall–Kier alpha value is -5.55. The fourth-order valence-electron chi connectivity index (χ4n) is 5.87. The molecule has 0 aliphatic carbocycles. The summed E-state index contributed by atoms with van der Waals surface area (Å²) in [6.07, 6.45) is 3.68. The second-order valence-corrected chi connectivity index (χ2v) is 10.3. The van der Waals surface area contributed by atoms with E-state index in [0.29, 0.717) is 0 Å². The number of hydrogen-bond acceptors (Lipinski definition) is 3. The summed E-state index contributed by atoms with van der Waals surface area (Å²) in [4.78, 5) is 14.2. The number of aromatic nitrogens is 5. The predicted octanol–water partition coefficient (Wildman–Crippen LogP) is 8.46. The number of fused-ring (bicyclic) bond motifs is 4. The van der Waals surface area contributed by atoms with Gasteiger partial charge in [0.25, 0.3) is 0 Å². The summed E-state index contributed by atoms with van der Waals surface area (Å²) in [7, 11) is 2.08. The van der Waals surface area contributed by atoms with Gasteiger partial charge in [-0.25, -0.2) is 4.98 Å². The van der Waals surface area contributed by atoms with E-state index in [9.17, 15) is 0 Å². The minimum Gasteiger partial charge on any atom is -0.327 e. The van der Waals surface area contributed by atoms with Crippen molar-refractivity contribution in [2.75, 3.05) is 0 Å². The van der Waals surface area contributed by atoms with Crippen LogP contribution in [-0.2, 0) is 7.05 Å². The zero-order valence-electron chi connectivity index (χ0n) is 22.4. The van der Waals surface area contributed by atoms with Crippen LogP contribution in [-0.4, -0.2) is 24.1 Å². The third-order valence-electron chi connectivity index (χ3n) is 7.84. The molecule has 0 N–H and O–H groups in total. The first kappa shape index (κ1) is 23.3. The van der Waals surface area contributed by atoms with Crippen LogP contribution in [0.3, 0.4) is 0 Å². The molecule has 0 atom stereocenters. The molecule has 0 saturated carbocycles. The normalized spacial score (nSPS) is 11.5. The molecule has 8 aromatic rings. The van der Waals surface area contributed by atoms with Gasteiger partial charge in [-0.1, -0.05) is 54.6 Å². The molecule has 194 valence electrons. The van der Waals surface area contributed by atoms with Crippen molar-refractivity contribution in [2.45, 2.75) is 0 Å². The van der Waals surface area contributed by atoms with Gasteiger partial charge < -0.3 is 9.13 Å². The van der Waals surface area contributed by atoms with Gasteiger partial charge in [0, 0.05) is 52.6 Å². The highest BCUT2D eigenvalue weighted by atomic mass is 15.1. The lowest BCUT2D eigenvalue weighted by molar-refractivity contribution is 0.959. The highest BCUT2D eigenvalue weighted by Gasteiger charge is 2.17. The number of imidazole rings is 1. The first-order chi connectivity index (χ1) is 20.2. The fraction of sp³-hybridized carbons (Fsp3) is 0.0278. The maximum absolute atomic E-state index is 4.99. The number of pyridine rings is 2. The molecule has 0 saturated heterocycles. The Balaban J connectivity index is 1.40. The zero-order chi connectivity index (χ0) is 27.3. The minimum atomic E-state index is 0.946. The molecular formula is C36H25N5. The molecule has 5 nitrogen and oxygen atoms in total. The first-order valence-corrected chi connectivity index (χ1v) is 13.7. The van der Waals surface area contributed by atoms with Gasteiger partial charge in [0.2, 0.25) is 0 Å². The number of para-hydroxylation sites is 2. The van der Waals surface area contributed by atoms with Crippen molar-refractivity contribution in [3.63, 3.8) is 0 Å². The quantitative estimate of drug-likeness (QED) is 0.231. The van der Waals surface area contributed by atoms with Crippen molar-refractivity contribution >= 4 is 32.8 Å². The molecule has 5 heteroatoms. The van der Waals surface area contributed by atoms with Gasteiger partial charge in [-0.05, 0) is 66.7 Å². The van der Waals surface area contributed by atoms with Crippen molar-refractivity contribution in [2.24, 2.45) is 7.05 Å². The van der Waals surface area contributed by atoms with E-state index in [2.05, 4.69) is 111 Å². The zero-order valence-corrected chi connectivity index (χ0v) is 22.4. The number of aryl methyl sites for hydroxylation is 1. The van der Waals surface area contributed by atoms with Crippen LogP contribution in [0.15, 0.2) is 134 Å². The lowest BCUT2D eigenvalue weighted by Gasteiger charge is -2.11. The highest BCUT2D eigenvalue weighted by Crippen LogP contribution is 2.37. The molecule has 8 rings (SSSR count). The van der Waals surface area contributed by atoms with Crippen LogP contribution in [0.2, 0.25) is 0 Å². The lowest BCUT2D eigenvalue weighted by Crippen LogP contribution is -1.96. The summed E-state index contributed by atoms with van der Waals surface area (Å²) < 4.78 is 4.52. The molecule has 0 amide bonds. The Morgan fingerprint density at radius 3 is 2.00 bits per heavy atom. The summed E-state index contributed by atoms with van der Waals surface area (Å²) >= 11 is 0. The van der Waals surface area contributed by atoms with Crippen molar-refractivity contribution < 1.29 is 0 Å². The van der Waals surface area contributed by atoms with E-state index in [4.69, 9.17) is 4.98 Å². The minimum absolute atomic E-state index is 0.946. The van der Waals surface area contributed by atoms with Crippen LogP contribution in [0.4, 0.5) is 0 Å². The average Bonchev–Trinajstić information content (AvgIpc) is 3.56. The van der Waals surface area contributed by atoms with E-state index in [-0.39, 0.29) is 0 Å². The van der Waals surface area contributed by atoms with Crippen molar-refractivity contribution in [1.82, 2.24) is 24.1 Å². The number of hydrogen-bond donors (Lipinski definition) is 0. The smallest absolute Gasteiger partial charge is 0.140 e. The van der Waals surface area contributed by atoms with Gasteiger partial charge in [0.05, 0.1) is 33.5 Å². The largest absolute Gasteiger partial charge is 0.327 e. The van der Waals surface area contributed by atoms with E-state index < -0.39 is 0 Å². The fourth-order valence-corrected chi connectivity index (χ4v) is 5.87. The van der Waals surface area contributed by atoms with Gasteiger partial charge in [0.15, 0.2) is 0 Å². The highest BCUT2D eigenvalue weighted by molar-refractivity contribution is 6.11. The van der Waals surface area contributed by atoms with E-state index in [0.717, 1.165) is 61.7 Å². The van der Waals surface area contributed by atoms with Gasteiger partial charge >= 0.3 is 0 Å². The molecule has 0 aliphatic heterocycles. The molecule has 0 bridgehead atoms. The summed E-state index contributed by atoms with van der Waals surface area (Å²) in [6, 6.07) is 42.2. The third kappa shape index (κ3) is 3.82. The Morgan fingerprint density at radius 1 is 0.512 bits per heavy atom. The maximum atomic E-state index is 4.99. The summed E-state index contributed by atoms with van der Waals surface area (Å²) in [5, 5.41) is 2.37. The van der Waals surface area contributed by atoms with Crippen LogP contribution in [0, 0.1) is 0 Å². The average molecular weight is 528 g/mol. The molecule has 0 spiro atoms. The Morgan fingerprint density at radius 2 is 1.24 bits per heavy atom. The van der Waals surface area contributed by atoms with Gasteiger partial charge in [0.1, 0.15) is 5.82 Å². The molecule has 0 radical (unpaired) electrons. The SMILES string of the molecule is Cn1c(-c2ccc3c4cc(-c5ccccn5)ccc4n(-c4cccc(-c5ccccn5)c4)c3c2)nc2ccccc21. The van der Waals surface area contributed by atoms with Gasteiger partial charge in [-0.15, -0.1) is 0 Å². The first-order valence-electron chi connectivity index (χ1n) is 13.7. The Labute approximate surface area is 237 Å². The molecule has 41 heavy (non-hydrogen) atoms. The van der Waals surface area contributed by atoms with Gasteiger partial charge in [-0.2, -0.15) is 0 Å². The van der Waals surface area contributed by atoms with Crippen LogP contribution in [0.25, 0.3) is 72.4 Å². The van der Waals surface area contributed by atoms with E-state index in [1.165, 1.54) is 10.8 Å². The topological polar surface area (TPSA) is 48.5 Å². The van der Waals surface area contributed by atoms with E-state index in [1.54, 1.807) is 0 Å². The van der Waals surface area contributed by atoms with Crippen LogP contribution >= 0.6 is 0 Å². The van der Waals surface area contributed by atoms with Gasteiger partial charge in [-0.3, -0.25) is 9.97 Å². The second kappa shape index (κ2) is 9.28. The predicted molar refractivity (Wildman–Crippen MR) is 167 cm³/mol. The molecule has 4 aromatic carbocycles. The standard InChI is InChI=1S/C36H25N5/c1-40-34-14-3-2-13-32(34)39-36(40)26-15-17-28-29-22-25(31-12-5-7-20-38-31)16-18-33(29)41(35(28)23-26)27-10-8-9-24(21-27)30-11-4-6-19-37-30/h2-23H,1H3. The number of nitrogens with zero attached hydrogens (tertiary/aromatic N) is 5. The van der Waals surface area contributed by atoms with Crippen LogP contribution in [0.5, 0.6) is 0 Å². The molecular weight excluding hydrogens is 502 g/mol. The van der Waals surface area contributed by atoms with Crippen LogP contribution in [0.1, 0.15) is 0 Å². The van der Waals surface area contributed by atoms with E-state index >= 15 is 0 Å². The number of rotatable bonds is 4. The summed E-state index contributed by atoms with van der Waals surface area (Å²) in [5.41, 5.74) is 10.6. The van der Waals surface area contributed by atoms with Crippen molar-refractivity contribution in [1.29, 1.82) is 0 Å². The van der Waals surface area contributed by atoms with E-state index in [1.807, 2.05) is 48.8 Å². The van der Waals surface area contributed by atoms with Crippen LogP contribution < -0.4 is 0 Å². The third-order valence-corrected chi connectivity index (χ3v) is 7.84. The van der Waals surface area contributed by atoms with Crippen molar-refractivity contribution in [3.8, 4) is 39.6 Å². The summed E-state index contributed by atoms with van der Waals surface area (Å²) in [6.45, 7) is 0. The molecule has 4 heterocycles. The van der Waals surface area contributed by atoms with Crippen molar-refractivity contribution in [3.05, 3.63) is 134 Å². The Kier molecular flexibility index (Phi) is 5.28.